The van der Waals surface area contributed by atoms with Gasteiger partial charge in [0, 0.05) is 40.5 Å². The number of rotatable bonds is 4. The second-order valence-corrected chi connectivity index (χ2v) is 8.42. The fourth-order valence-electron chi connectivity index (χ4n) is 3.69. The highest BCUT2D eigenvalue weighted by atomic mass is 32.1. The summed E-state index contributed by atoms with van der Waals surface area (Å²) in [5.41, 5.74) is 5.64. The number of benzene rings is 2. The van der Waals surface area contributed by atoms with Crippen LogP contribution in [-0.2, 0) is 11.2 Å². The number of pyridine rings is 1. The molecule has 0 saturated heterocycles. The molecular formula is C25H20N4O2S. The van der Waals surface area contributed by atoms with Gasteiger partial charge < -0.3 is 10.6 Å². The number of anilines is 2. The number of aryl methyl sites for hydroxylation is 1. The normalized spacial score (nSPS) is 13.1. The molecule has 2 amide bonds. The lowest BCUT2D eigenvalue weighted by Crippen LogP contribution is -2.13. The van der Waals surface area contributed by atoms with Crippen LogP contribution in [0.4, 0.5) is 11.4 Å². The van der Waals surface area contributed by atoms with Crippen LogP contribution in [0.2, 0.25) is 0 Å². The van der Waals surface area contributed by atoms with Crippen LogP contribution in [0.5, 0.6) is 0 Å². The minimum atomic E-state index is -0.187. The van der Waals surface area contributed by atoms with Gasteiger partial charge in [-0.1, -0.05) is 18.2 Å². The van der Waals surface area contributed by atoms with Gasteiger partial charge in [-0.3, -0.25) is 14.6 Å². The van der Waals surface area contributed by atoms with E-state index in [9.17, 15) is 9.59 Å². The third kappa shape index (κ3) is 4.29. The molecular weight excluding hydrogens is 420 g/mol. The molecule has 0 spiro atoms. The van der Waals surface area contributed by atoms with Crippen LogP contribution < -0.4 is 10.6 Å². The van der Waals surface area contributed by atoms with Crippen LogP contribution in [0.15, 0.2) is 72.2 Å². The van der Waals surface area contributed by atoms with Crippen molar-refractivity contribution in [3.63, 3.8) is 0 Å². The third-order valence-electron chi connectivity index (χ3n) is 5.30. The van der Waals surface area contributed by atoms with Crippen molar-refractivity contribution in [1.29, 1.82) is 0 Å². The largest absolute Gasteiger partial charge is 0.326 e. The first-order valence-corrected chi connectivity index (χ1v) is 11.3. The monoisotopic (exact) mass is 440 g/mol. The van der Waals surface area contributed by atoms with Crippen molar-refractivity contribution in [3.8, 4) is 22.0 Å². The molecule has 0 bridgehead atoms. The zero-order chi connectivity index (χ0) is 21.9. The highest BCUT2D eigenvalue weighted by Gasteiger charge is 2.16. The Hall–Kier alpha value is -3.84. The Morgan fingerprint density at radius 3 is 2.81 bits per heavy atom. The van der Waals surface area contributed by atoms with Crippen molar-refractivity contribution in [2.75, 3.05) is 10.6 Å². The van der Waals surface area contributed by atoms with Gasteiger partial charge in [-0.15, -0.1) is 11.3 Å². The lowest BCUT2D eigenvalue weighted by Gasteiger charge is -2.10. The fraction of sp³-hybridized carbons (Fsp3) is 0.120. The molecule has 7 heteroatoms. The molecule has 0 fully saturated rings. The molecule has 2 aromatic carbocycles. The predicted molar refractivity (Wildman–Crippen MR) is 127 cm³/mol. The van der Waals surface area contributed by atoms with Gasteiger partial charge in [0.2, 0.25) is 5.91 Å². The maximum absolute atomic E-state index is 12.9. The summed E-state index contributed by atoms with van der Waals surface area (Å²) in [6.07, 6.45) is 3.80. The molecule has 0 aliphatic carbocycles. The van der Waals surface area contributed by atoms with E-state index in [0.717, 1.165) is 46.1 Å². The van der Waals surface area contributed by atoms with Gasteiger partial charge >= 0.3 is 0 Å². The van der Waals surface area contributed by atoms with Crippen LogP contribution in [0.25, 0.3) is 22.0 Å². The number of carbonyl (C=O) groups excluding carboxylic acids is 2. The molecule has 5 rings (SSSR count). The Morgan fingerprint density at radius 2 is 1.94 bits per heavy atom. The molecule has 32 heavy (non-hydrogen) atoms. The topological polar surface area (TPSA) is 84.0 Å². The van der Waals surface area contributed by atoms with Gasteiger partial charge in [0.15, 0.2) is 0 Å². The minimum absolute atomic E-state index is 0.0195. The Labute approximate surface area is 189 Å². The minimum Gasteiger partial charge on any atom is -0.326 e. The first kappa shape index (κ1) is 20.1. The fourth-order valence-corrected chi connectivity index (χ4v) is 4.49. The molecule has 3 heterocycles. The van der Waals surface area contributed by atoms with Crippen molar-refractivity contribution >= 4 is 34.5 Å². The number of nitrogens with zero attached hydrogens (tertiary/aromatic N) is 2. The highest BCUT2D eigenvalue weighted by molar-refractivity contribution is 7.13. The zero-order valence-electron chi connectivity index (χ0n) is 17.2. The van der Waals surface area contributed by atoms with Crippen molar-refractivity contribution in [2.24, 2.45) is 0 Å². The Morgan fingerprint density at radius 1 is 1.00 bits per heavy atom. The smallest absolute Gasteiger partial charge is 0.255 e. The van der Waals surface area contributed by atoms with E-state index in [0.29, 0.717) is 17.7 Å². The Balaban J connectivity index is 1.34. The Bertz CT molecular complexity index is 1300. The summed E-state index contributed by atoms with van der Waals surface area (Å²) in [6.45, 7) is 0. The summed E-state index contributed by atoms with van der Waals surface area (Å²) in [7, 11) is 0. The van der Waals surface area contributed by atoms with E-state index in [2.05, 4.69) is 15.6 Å². The van der Waals surface area contributed by atoms with Gasteiger partial charge in [-0.05, 0) is 60.9 Å². The Kier molecular flexibility index (Phi) is 5.47. The van der Waals surface area contributed by atoms with Crippen LogP contribution in [-0.4, -0.2) is 21.8 Å². The van der Waals surface area contributed by atoms with E-state index in [1.165, 1.54) is 11.3 Å². The molecule has 6 nitrogen and oxygen atoms in total. The summed E-state index contributed by atoms with van der Waals surface area (Å²) < 4.78 is 0. The van der Waals surface area contributed by atoms with E-state index in [1.54, 1.807) is 18.3 Å². The summed E-state index contributed by atoms with van der Waals surface area (Å²) in [5, 5.41) is 8.72. The number of hydrogen-bond acceptors (Lipinski definition) is 5. The average molecular weight is 441 g/mol. The zero-order valence-corrected chi connectivity index (χ0v) is 18.0. The quantitative estimate of drug-likeness (QED) is 0.445. The number of fused-ring (bicyclic) bond motifs is 1. The number of amides is 2. The summed E-state index contributed by atoms with van der Waals surface area (Å²) in [6, 6.07) is 18.8. The lowest BCUT2D eigenvalue weighted by atomic mass is 10.0. The van der Waals surface area contributed by atoms with Crippen molar-refractivity contribution < 1.29 is 9.59 Å². The van der Waals surface area contributed by atoms with Crippen molar-refractivity contribution in [2.45, 2.75) is 19.3 Å². The van der Waals surface area contributed by atoms with E-state index >= 15 is 0 Å². The molecule has 2 N–H and O–H groups in total. The molecule has 158 valence electrons. The van der Waals surface area contributed by atoms with E-state index in [4.69, 9.17) is 4.98 Å². The van der Waals surface area contributed by atoms with E-state index in [-0.39, 0.29) is 11.8 Å². The molecule has 0 unspecified atom stereocenters. The SMILES string of the molecule is O=C1CCCc2cc(C(=O)Nc3cccc(-c4csc(-c5ccccn5)n4)c3)ccc2N1. The lowest BCUT2D eigenvalue weighted by molar-refractivity contribution is -0.116. The maximum atomic E-state index is 12.9. The van der Waals surface area contributed by atoms with Gasteiger partial charge in [0.05, 0.1) is 11.4 Å². The van der Waals surface area contributed by atoms with Crippen molar-refractivity contribution in [1.82, 2.24) is 9.97 Å². The van der Waals surface area contributed by atoms with Crippen LogP contribution in [0.1, 0.15) is 28.8 Å². The number of aromatic nitrogens is 2. The van der Waals surface area contributed by atoms with Crippen LogP contribution >= 0.6 is 11.3 Å². The molecule has 0 radical (unpaired) electrons. The molecule has 0 atom stereocenters. The molecule has 2 aromatic heterocycles. The first-order valence-electron chi connectivity index (χ1n) is 10.4. The third-order valence-corrected chi connectivity index (χ3v) is 6.16. The van der Waals surface area contributed by atoms with Gasteiger partial charge in [0.25, 0.3) is 5.91 Å². The number of nitrogens with one attached hydrogen (secondary N) is 2. The second-order valence-electron chi connectivity index (χ2n) is 7.56. The first-order chi connectivity index (χ1) is 15.7. The molecule has 0 saturated carbocycles. The van der Waals surface area contributed by atoms with Gasteiger partial charge in [-0.2, -0.15) is 0 Å². The molecule has 4 aromatic rings. The van der Waals surface area contributed by atoms with Crippen LogP contribution in [0.3, 0.4) is 0 Å². The maximum Gasteiger partial charge on any atom is 0.255 e. The number of carbonyl (C=O) groups is 2. The van der Waals surface area contributed by atoms with Gasteiger partial charge in [0.1, 0.15) is 5.01 Å². The number of hydrogen-bond donors (Lipinski definition) is 2. The van der Waals surface area contributed by atoms with Crippen molar-refractivity contribution in [3.05, 3.63) is 83.4 Å². The van der Waals surface area contributed by atoms with E-state index < -0.39 is 0 Å². The number of thiazole rings is 1. The summed E-state index contributed by atoms with van der Waals surface area (Å²) >= 11 is 1.54. The second kappa shape index (κ2) is 8.72. The standard InChI is InChI=1S/C25H20N4O2S/c30-23-9-4-6-16-13-18(10-11-20(16)28-23)24(31)27-19-7-3-5-17(14-19)22-15-32-25(29-22)21-8-1-2-12-26-21/h1-3,5,7-8,10-15H,4,6,9H2,(H,27,31)(H,28,30). The average Bonchev–Trinajstić information content (AvgIpc) is 3.23. The highest BCUT2D eigenvalue weighted by Crippen LogP contribution is 2.29. The molecule has 1 aliphatic heterocycles. The molecule has 1 aliphatic rings. The van der Waals surface area contributed by atoms with Crippen LogP contribution in [0, 0.1) is 0 Å². The predicted octanol–water partition coefficient (Wildman–Crippen LogP) is 5.40. The summed E-state index contributed by atoms with van der Waals surface area (Å²) in [5.74, 6) is -0.168. The summed E-state index contributed by atoms with van der Waals surface area (Å²) in [4.78, 5) is 33.7. The van der Waals surface area contributed by atoms with Gasteiger partial charge in [-0.25, -0.2) is 4.98 Å². The van der Waals surface area contributed by atoms with E-state index in [1.807, 2.05) is 53.9 Å².